The number of oxazole rings is 1. The van der Waals surface area contributed by atoms with E-state index in [0.29, 0.717) is 0 Å². The van der Waals surface area contributed by atoms with Gasteiger partial charge in [0.25, 0.3) is 11.2 Å². The van der Waals surface area contributed by atoms with Gasteiger partial charge in [0.1, 0.15) is 0 Å². The van der Waals surface area contributed by atoms with E-state index in [1.807, 2.05) is 42.9 Å². The van der Waals surface area contributed by atoms with Gasteiger partial charge in [0.2, 0.25) is 0 Å². The van der Waals surface area contributed by atoms with E-state index in [4.69, 9.17) is 4.42 Å². The molecule has 0 aliphatic carbocycles. The van der Waals surface area contributed by atoms with Gasteiger partial charge in [0.15, 0.2) is 12.2 Å². The van der Waals surface area contributed by atoms with Crippen molar-refractivity contribution in [3.05, 3.63) is 72.7 Å². The van der Waals surface area contributed by atoms with Crippen molar-refractivity contribution in [3.63, 3.8) is 0 Å². The molecule has 0 radical (unpaired) electrons. The molecular formula is C20H13N4O+. The van der Waals surface area contributed by atoms with Gasteiger partial charge in [-0.05, 0) is 30.3 Å². The Balaban J connectivity index is 1.78. The van der Waals surface area contributed by atoms with Gasteiger partial charge >= 0.3 is 5.89 Å². The zero-order chi connectivity index (χ0) is 16.4. The summed E-state index contributed by atoms with van der Waals surface area (Å²) < 4.78 is 10.7. The molecule has 5 aromatic rings. The van der Waals surface area contributed by atoms with Crippen LogP contribution in [0.4, 0.5) is 0 Å². The highest BCUT2D eigenvalue weighted by atomic mass is 16.4. The van der Waals surface area contributed by atoms with Gasteiger partial charge in [-0.2, -0.15) is 0 Å². The van der Waals surface area contributed by atoms with Crippen LogP contribution < -0.4 is 4.57 Å². The van der Waals surface area contributed by atoms with Crippen LogP contribution >= 0.6 is 0 Å². The van der Waals surface area contributed by atoms with Crippen molar-refractivity contribution in [2.24, 2.45) is 0 Å². The fraction of sp³-hybridized carbons (Fsp3) is 0.0500. The lowest BCUT2D eigenvalue weighted by Gasteiger charge is -2.03. The molecule has 5 heterocycles. The smallest absolute Gasteiger partial charge is 0.378 e. The summed E-state index contributed by atoms with van der Waals surface area (Å²) in [5, 5.41) is 1.14. The first-order valence-electron chi connectivity index (χ1n) is 8.22. The van der Waals surface area contributed by atoms with E-state index in [9.17, 15) is 0 Å². The molecule has 1 aromatic carbocycles. The van der Waals surface area contributed by atoms with Gasteiger partial charge in [0, 0.05) is 18.1 Å². The third kappa shape index (κ3) is 1.59. The first kappa shape index (κ1) is 12.9. The molecule has 6 rings (SSSR count). The van der Waals surface area contributed by atoms with E-state index in [-0.39, 0.29) is 0 Å². The molecule has 0 amide bonds. The summed E-state index contributed by atoms with van der Waals surface area (Å²) in [6, 6.07) is 16.4. The Hall–Kier alpha value is -3.47. The molecule has 5 heteroatoms. The van der Waals surface area contributed by atoms with Gasteiger partial charge in [0.05, 0.1) is 22.7 Å². The lowest BCUT2D eigenvalue weighted by atomic mass is 10.2. The summed E-state index contributed by atoms with van der Waals surface area (Å²) in [7, 11) is 0. The van der Waals surface area contributed by atoms with E-state index in [0.717, 1.165) is 45.9 Å². The largest absolute Gasteiger partial charge is 0.402 e. The van der Waals surface area contributed by atoms with E-state index < -0.39 is 0 Å². The minimum absolute atomic E-state index is 0.779. The second-order valence-corrected chi connectivity index (χ2v) is 6.22. The molecule has 0 fully saturated rings. The van der Waals surface area contributed by atoms with E-state index in [1.54, 1.807) is 0 Å². The van der Waals surface area contributed by atoms with Crippen LogP contribution in [0.3, 0.4) is 0 Å². The highest BCUT2D eigenvalue weighted by molar-refractivity contribution is 6.03. The lowest BCUT2D eigenvalue weighted by Crippen LogP contribution is -2.30. The standard InChI is InChI=1S/C20H13N4O/c1-2-6-14(7-3-1)24-16-11-21-10-8-15(16)18-20(24)25-19-17-13(12-23(18)19)5-4-9-22-17/h1-11H,12H2/q+1. The Bertz CT molecular complexity index is 1270. The molecule has 0 saturated heterocycles. The number of aromatic nitrogens is 4. The summed E-state index contributed by atoms with van der Waals surface area (Å²) in [6.07, 6.45) is 5.54. The molecule has 25 heavy (non-hydrogen) atoms. The highest BCUT2D eigenvalue weighted by Crippen LogP contribution is 2.36. The maximum Gasteiger partial charge on any atom is 0.402 e. The molecule has 0 spiro atoms. The molecule has 118 valence electrons. The van der Waals surface area contributed by atoms with Crippen molar-refractivity contribution in [3.8, 4) is 17.3 Å². The third-order valence-electron chi connectivity index (χ3n) is 4.85. The van der Waals surface area contributed by atoms with Crippen LogP contribution in [-0.2, 0) is 6.54 Å². The molecule has 0 unspecified atom stereocenters. The fourth-order valence-electron chi connectivity index (χ4n) is 3.79. The van der Waals surface area contributed by atoms with Crippen molar-refractivity contribution in [1.82, 2.24) is 14.5 Å². The van der Waals surface area contributed by atoms with Gasteiger partial charge < -0.3 is 4.42 Å². The second-order valence-electron chi connectivity index (χ2n) is 6.22. The van der Waals surface area contributed by atoms with E-state index >= 15 is 0 Å². The molecule has 1 aliphatic heterocycles. The number of nitrogens with zero attached hydrogens (tertiary/aromatic N) is 4. The van der Waals surface area contributed by atoms with Crippen LogP contribution in [0.1, 0.15) is 5.56 Å². The van der Waals surface area contributed by atoms with Crippen LogP contribution in [0.2, 0.25) is 0 Å². The first-order valence-corrected chi connectivity index (χ1v) is 8.22. The number of hydrogen-bond donors (Lipinski definition) is 0. The van der Waals surface area contributed by atoms with Gasteiger partial charge in [-0.15, -0.1) is 4.57 Å². The summed E-state index contributed by atoms with van der Waals surface area (Å²) in [5.41, 5.74) is 6.15. The van der Waals surface area contributed by atoms with Crippen molar-refractivity contribution in [2.45, 2.75) is 6.54 Å². The summed E-state index contributed by atoms with van der Waals surface area (Å²) in [5.74, 6) is 0.823. The topological polar surface area (TPSA) is 47.7 Å². The normalized spacial score (nSPS) is 12.6. The van der Waals surface area contributed by atoms with E-state index in [2.05, 4.69) is 43.4 Å². The quantitative estimate of drug-likeness (QED) is 0.435. The zero-order valence-corrected chi connectivity index (χ0v) is 13.3. The van der Waals surface area contributed by atoms with Gasteiger partial charge in [-0.25, -0.2) is 4.98 Å². The Labute approximate surface area is 142 Å². The maximum atomic E-state index is 6.34. The Morgan fingerprint density at radius 1 is 1.00 bits per heavy atom. The molecule has 0 saturated carbocycles. The second kappa shape index (κ2) is 4.54. The molecule has 5 nitrogen and oxygen atoms in total. The van der Waals surface area contributed by atoms with Crippen molar-refractivity contribution >= 4 is 22.1 Å². The molecule has 0 bridgehead atoms. The predicted octanol–water partition coefficient (Wildman–Crippen LogP) is 3.48. The summed E-state index contributed by atoms with van der Waals surface area (Å²) in [4.78, 5) is 8.84. The maximum absolute atomic E-state index is 6.34. The van der Waals surface area contributed by atoms with Gasteiger partial charge in [-0.3, -0.25) is 9.55 Å². The van der Waals surface area contributed by atoms with Gasteiger partial charge in [-0.1, -0.05) is 18.2 Å². The lowest BCUT2D eigenvalue weighted by molar-refractivity contribution is -0.648. The monoisotopic (exact) mass is 325 g/mol. The van der Waals surface area contributed by atoms with Crippen LogP contribution in [0.5, 0.6) is 0 Å². The number of rotatable bonds is 1. The van der Waals surface area contributed by atoms with Crippen LogP contribution in [0, 0.1) is 0 Å². The molecule has 0 atom stereocenters. The molecule has 0 N–H and O–H groups in total. The number of pyridine rings is 2. The van der Waals surface area contributed by atoms with Crippen LogP contribution in [0.25, 0.3) is 39.4 Å². The number of hydrogen-bond acceptors (Lipinski definition) is 3. The van der Waals surface area contributed by atoms with Crippen LogP contribution in [-0.4, -0.2) is 14.5 Å². The van der Waals surface area contributed by atoms with Crippen molar-refractivity contribution < 1.29 is 8.98 Å². The third-order valence-corrected chi connectivity index (χ3v) is 4.85. The molecular weight excluding hydrogens is 312 g/mol. The van der Waals surface area contributed by atoms with E-state index in [1.165, 1.54) is 5.56 Å². The average Bonchev–Trinajstić information content (AvgIpc) is 3.29. The Kier molecular flexibility index (Phi) is 2.34. The molecule has 1 aliphatic rings. The summed E-state index contributed by atoms with van der Waals surface area (Å²) in [6.45, 7) is 0.779. The summed E-state index contributed by atoms with van der Waals surface area (Å²) >= 11 is 0. The predicted molar refractivity (Wildman–Crippen MR) is 93.4 cm³/mol. The number of benzene rings is 1. The highest BCUT2D eigenvalue weighted by Gasteiger charge is 2.38. The van der Waals surface area contributed by atoms with Crippen molar-refractivity contribution in [2.75, 3.05) is 0 Å². The average molecular weight is 325 g/mol. The SMILES string of the molecule is c1ccc(-n2c3cnccc3c3c2oc2[n+]3Cc3cccnc3-2)cc1. The fourth-order valence-corrected chi connectivity index (χ4v) is 3.79. The zero-order valence-electron chi connectivity index (χ0n) is 13.3. The Morgan fingerprint density at radius 3 is 2.84 bits per heavy atom. The van der Waals surface area contributed by atoms with Crippen LogP contribution in [0.15, 0.2) is 71.5 Å². The number of fused-ring (bicyclic) bond motifs is 7. The Morgan fingerprint density at radius 2 is 1.92 bits per heavy atom. The van der Waals surface area contributed by atoms with Crippen molar-refractivity contribution in [1.29, 1.82) is 0 Å². The molecule has 4 aromatic heterocycles. The first-order chi connectivity index (χ1) is 12.4. The minimum atomic E-state index is 0.779. The number of para-hydroxylation sites is 1. The minimum Gasteiger partial charge on any atom is -0.378 e.